The number of hydrogen-bond donors (Lipinski definition) is 1. The minimum atomic E-state index is -4.62. The molecule has 1 saturated heterocycles. The molecule has 0 spiro atoms. The van der Waals surface area contributed by atoms with Gasteiger partial charge in [0.2, 0.25) is 10.0 Å². The molecule has 228 valence electrons. The number of nitrogens with one attached hydrogen (secondary N) is 1. The summed E-state index contributed by atoms with van der Waals surface area (Å²) in [6.45, 7) is 8.98. The van der Waals surface area contributed by atoms with E-state index in [0.717, 1.165) is 0 Å². The number of piperazine rings is 1. The lowest BCUT2D eigenvalue weighted by Crippen LogP contribution is -2.50. The normalized spacial score (nSPS) is 14.7. The average molecular weight is 647 g/mol. The van der Waals surface area contributed by atoms with Crippen molar-refractivity contribution in [2.45, 2.75) is 45.9 Å². The van der Waals surface area contributed by atoms with Crippen molar-refractivity contribution in [2.24, 2.45) is 0 Å². The van der Waals surface area contributed by atoms with Crippen LogP contribution in [-0.4, -0.2) is 78.1 Å². The van der Waals surface area contributed by atoms with E-state index in [4.69, 9.17) is 21.3 Å². The van der Waals surface area contributed by atoms with Crippen LogP contribution in [0.3, 0.4) is 0 Å². The second-order valence-electron chi connectivity index (χ2n) is 10.6. The predicted octanol–water partition coefficient (Wildman–Crippen LogP) is 5.98. The van der Waals surface area contributed by atoms with Gasteiger partial charge in [0.1, 0.15) is 11.4 Å². The van der Waals surface area contributed by atoms with Gasteiger partial charge in [-0.25, -0.2) is 28.2 Å². The van der Waals surface area contributed by atoms with Crippen LogP contribution in [0.5, 0.6) is 0 Å². The van der Waals surface area contributed by atoms with Crippen molar-refractivity contribution in [1.82, 2.24) is 19.9 Å². The predicted molar refractivity (Wildman–Crippen MR) is 156 cm³/mol. The zero-order chi connectivity index (χ0) is 30.9. The third-order valence-corrected chi connectivity index (χ3v) is 8.82. The van der Waals surface area contributed by atoms with E-state index in [-0.39, 0.29) is 16.8 Å². The minimum absolute atomic E-state index is 0.0216. The molecule has 4 rings (SSSR count). The van der Waals surface area contributed by atoms with Crippen molar-refractivity contribution < 1.29 is 31.1 Å². The summed E-state index contributed by atoms with van der Waals surface area (Å²) in [4.78, 5) is 30.3. The lowest BCUT2D eigenvalue weighted by Gasteiger charge is -2.35. The van der Waals surface area contributed by atoms with Gasteiger partial charge in [0.25, 0.3) is 0 Å². The molecule has 0 aliphatic carbocycles. The molecule has 16 heteroatoms. The number of ether oxygens (including phenoxy) is 1. The first-order valence-electron chi connectivity index (χ1n) is 12.9. The first-order chi connectivity index (χ1) is 19.5. The van der Waals surface area contributed by atoms with E-state index < -0.39 is 34.0 Å². The molecule has 1 aromatic carbocycles. The Morgan fingerprint density at radius 1 is 1.12 bits per heavy atom. The number of carbonyl (C=O) groups excluding carboxylic acids is 1. The zero-order valence-electron chi connectivity index (χ0n) is 23.3. The number of anilines is 2. The number of thiazole rings is 1. The number of aryl methyl sites for hydroxylation is 1. The van der Waals surface area contributed by atoms with Crippen molar-refractivity contribution in [1.29, 1.82) is 0 Å². The Bertz CT molecular complexity index is 1550. The lowest BCUT2D eigenvalue weighted by molar-refractivity contribution is -0.129. The van der Waals surface area contributed by atoms with Crippen LogP contribution in [0.4, 0.5) is 28.8 Å². The Morgan fingerprint density at radius 2 is 1.81 bits per heavy atom. The summed E-state index contributed by atoms with van der Waals surface area (Å²) >= 11 is 7.99. The third kappa shape index (κ3) is 8.22. The van der Waals surface area contributed by atoms with Crippen LogP contribution in [-0.2, 0) is 14.8 Å². The summed E-state index contributed by atoms with van der Waals surface area (Å²) in [5, 5.41) is 0.610. The average Bonchev–Trinajstić information content (AvgIpc) is 3.33. The highest BCUT2D eigenvalue weighted by atomic mass is 35.5. The summed E-state index contributed by atoms with van der Waals surface area (Å²) in [6, 6.07) is 6.27. The largest absolute Gasteiger partial charge is 0.444 e. The van der Waals surface area contributed by atoms with Gasteiger partial charge in [-0.05, 0) is 39.8 Å². The fourth-order valence-corrected chi connectivity index (χ4v) is 6.58. The topological polar surface area (TPSA) is 118 Å². The molecule has 3 aromatic rings. The van der Waals surface area contributed by atoms with Gasteiger partial charge in [0, 0.05) is 37.9 Å². The highest BCUT2D eigenvalue weighted by Gasteiger charge is 2.31. The van der Waals surface area contributed by atoms with E-state index in [1.165, 1.54) is 23.5 Å². The molecule has 1 aliphatic rings. The van der Waals surface area contributed by atoms with Gasteiger partial charge >= 0.3 is 12.3 Å². The highest BCUT2D eigenvalue weighted by Crippen LogP contribution is 2.44. The van der Waals surface area contributed by atoms with Gasteiger partial charge in [0.15, 0.2) is 5.13 Å². The molecule has 2 aromatic heterocycles. The number of carbonyl (C=O) groups is 1. The standard InChI is InChI=1S/C26H30ClF3N6O4S2/c1-16-31-10-8-19(32-16)22-21(17-6-5-7-18(20(17)27)34-42(38,39)15-9-26(28,29)30)33-23(41-22)35-11-13-36(14-12-35)24(37)40-25(2,3)4/h5-8,10,34H,9,11-15H2,1-4H3. The maximum Gasteiger partial charge on any atom is 0.410 e. The fraction of sp³-hybridized carbons (Fsp3) is 0.462. The molecule has 0 unspecified atom stereocenters. The van der Waals surface area contributed by atoms with Crippen LogP contribution in [0.2, 0.25) is 5.02 Å². The number of amides is 1. The SMILES string of the molecule is Cc1nccc(-c2sc(N3CCN(C(=O)OC(C)(C)C)CC3)nc2-c2cccc(NS(=O)(=O)CCC(F)(F)F)c2Cl)n1. The molecule has 1 amide bonds. The number of alkyl halides is 3. The lowest BCUT2D eigenvalue weighted by atomic mass is 10.1. The number of rotatable bonds is 7. The van der Waals surface area contributed by atoms with Crippen LogP contribution in [0, 0.1) is 6.92 Å². The van der Waals surface area contributed by atoms with Crippen LogP contribution in [0.15, 0.2) is 30.5 Å². The van der Waals surface area contributed by atoms with Gasteiger partial charge in [-0.1, -0.05) is 35.1 Å². The van der Waals surface area contributed by atoms with Crippen molar-refractivity contribution >= 4 is 49.9 Å². The zero-order valence-corrected chi connectivity index (χ0v) is 25.7. The van der Waals surface area contributed by atoms with Crippen molar-refractivity contribution in [3.8, 4) is 21.8 Å². The highest BCUT2D eigenvalue weighted by molar-refractivity contribution is 7.92. The van der Waals surface area contributed by atoms with Gasteiger partial charge in [-0.15, -0.1) is 0 Å². The number of sulfonamides is 1. The first kappa shape index (κ1) is 31.8. The van der Waals surface area contributed by atoms with Crippen molar-refractivity contribution in [3.63, 3.8) is 0 Å². The van der Waals surface area contributed by atoms with Crippen molar-refractivity contribution in [3.05, 3.63) is 41.3 Å². The number of aromatic nitrogens is 3. The number of benzene rings is 1. The van der Waals surface area contributed by atoms with Crippen LogP contribution in [0.1, 0.15) is 33.0 Å². The quantitative estimate of drug-likeness (QED) is 0.333. The van der Waals surface area contributed by atoms with Gasteiger partial charge in [-0.3, -0.25) is 4.72 Å². The maximum absolute atomic E-state index is 12.6. The fourth-order valence-electron chi connectivity index (χ4n) is 4.05. The second-order valence-corrected chi connectivity index (χ2v) is 13.8. The van der Waals surface area contributed by atoms with E-state index >= 15 is 0 Å². The Hall–Kier alpha value is -3.17. The molecule has 0 saturated carbocycles. The number of hydrogen-bond acceptors (Lipinski definition) is 9. The van der Waals surface area contributed by atoms with E-state index in [1.807, 2.05) is 25.7 Å². The molecular formula is C26H30ClF3N6O4S2. The van der Waals surface area contributed by atoms with Gasteiger partial charge in [0.05, 0.1) is 39.1 Å². The molecule has 0 radical (unpaired) electrons. The number of nitrogens with zero attached hydrogens (tertiary/aromatic N) is 5. The Balaban J connectivity index is 1.65. The van der Waals surface area contributed by atoms with Gasteiger partial charge < -0.3 is 14.5 Å². The Morgan fingerprint density at radius 3 is 2.43 bits per heavy atom. The summed E-state index contributed by atoms with van der Waals surface area (Å²) in [6.07, 6.45) is -4.90. The molecule has 10 nitrogen and oxygen atoms in total. The van der Waals surface area contributed by atoms with Crippen LogP contribution >= 0.6 is 22.9 Å². The van der Waals surface area contributed by atoms with Crippen LogP contribution in [0.25, 0.3) is 21.8 Å². The first-order valence-corrected chi connectivity index (χ1v) is 15.8. The molecule has 0 bridgehead atoms. The molecule has 1 fully saturated rings. The smallest absolute Gasteiger partial charge is 0.410 e. The minimum Gasteiger partial charge on any atom is -0.444 e. The number of halogens is 4. The summed E-state index contributed by atoms with van der Waals surface area (Å²) in [7, 11) is -4.34. The molecular weight excluding hydrogens is 617 g/mol. The summed E-state index contributed by atoms with van der Waals surface area (Å²) in [5.74, 6) is -0.616. The Kier molecular flexibility index (Phi) is 9.23. The van der Waals surface area contributed by atoms with Gasteiger partial charge in [-0.2, -0.15) is 13.2 Å². The van der Waals surface area contributed by atoms with E-state index in [2.05, 4.69) is 14.7 Å². The van der Waals surface area contributed by atoms with Crippen molar-refractivity contribution in [2.75, 3.05) is 41.6 Å². The third-order valence-electron chi connectivity index (χ3n) is 6.00. The maximum atomic E-state index is 12.6. The molecule has 1 aliphatic heterocycles. The Labute approximate surface area is 250 Å². The second kappa shape index (κ2) is 12.2. The summed E-state index contributed by atoms with van der Waals surface area (Å²) < 4.78 is 70.4. The molecule has 1 N–H and O–H groups in total. The van der Waals surface area contributed by atoms with Crippen LogP contribution < -0.4 is 9.62 Å². The monoisotopic (exact) mass is 646 g/mol. The molecule has 3 heterocycles. The van der Waals surface area contributed by atoms with E-state index in [1.54, 1.807) is 30.2 Å². The van der Waals surface area contributed by atoms with E-state index in [0.29, 0.717) is 59.0 Å². The molecule has 42 heavy (non-hydrogen) atoms. The van der Waals surface area contributed by atoms with E-state index in [9.17, 15) is 26.4 Å². The molecule has 0 atom stereocenters. The summed E-state index contributed by atoms with van der Waals surface area (Å²) in [5.41, 5.74) is 0.684.